The monoisotopic (exact) mass is 225 g/mol. The van der Waals surface area contributed by atoms with Gasteiger partial charge in [-0.15, -0.1) is 0 Å². The lowest BCUT2D eigenvalue weighted by Crippen LogP contribution is -2.46. The summed E-state index contributed by atoms with van der Waals surface area (Å²) in [7, 11) is 0. The molecular weight excluding hydrogens is 198 g/mol. The molecule has 16 heavy (non-hydrogen) atoms. The van der Waals surface area contributed by atoms with Gasteiger partial charge < -0.3 is 10.4 Å². The molecule has 0 amide bonds. The van der Waals surface area contributed by atoms with Crippen LogP contribution in [0, 0.1) is 22.7 Å². The minimum atomic E-state index is 0.295. The fourth-order valence-corrected chi connectivity index (χ4v) is 3.92. The lowest BCUT2D eigenvalue weighted by molar-refractivity contribution is 0.116. The Hall–Kier alpha value is -0.0800. The van der Waals surface area contributed by atoms with Crippen molar-refractivity contribution in [3.8, 4) is 0 Å². The molecule has 0 aromatic carbocycles. The Morgan fingerprint density at radius 1 is 1.38 bits per heavy atom. The van der Waals surface area contributed by atoms with Gasteiger partial charge in [-0.05, 0) is 41.9 Å². The van der Waals surface area contributed by atoms with Crippen LogP contribution in [0.3, 0.4) is 0 Å². The van der Waals surface area contributed by atoms with E-state index in [2.05, 4.69) is 33.0 Å². The van der Waals surface area contributed by atoms with Crippen molar-refractivity contribution in [2.75, 3.05) is 13.2 Å². The molecule has 2 fully saturated rings. The minimum absolute atomic E-state index is 0.295. The molecule has 4 atom stereocenters. The zero-order chi connectivity index (χ0) is 12.0. The molecule has 2 heteroatoms. The molecule has 2 saturated carbocycles. The van der Waals surface area contributed by atoms with Gasteiger partial charge in [0, 0.05) is 19.2 Å². The SMILES string of the molecule is CC(CO)CNC1CC2CC[C@@]1(C)C2(C)C. The molecule has 0 aromatic heterocycles. The number of hydrogen-bond acceptors (Lipinski definition) is 2. The summed E-state index contributed by atoms with van der Waals surface area (Å²) in [6, 6.07) is 0.662. The number of rotatable bonds is 4. The second kappa shape index (κ2) is 3.99. The summed E-state index contributed by atoms with van der Waals surface area (Å²) in [5.41, 5.74) is 0.958. The van der Waals surface area contributed by atoms with Gasteiger partial charge in [0.05, 0.1) is 0 Å². The molecule has 2 rings (SSSR count). The second-order valence-corrected chi connectivity index (χ2v) is 6.86. The standard InChI is InChI=1S/C14H27NO/c1-10(9-16)8-15-12-7-11-5-6-14(12,4)13(11,2)3/h10-12,15-16H,5-9H2,1-4H3/t10?,11?,12?,14-/m1/s1. The fraction of sp³-hybridized carbons (Fsp3) is 1.00. The van der Waals surface area contributed by atoms with E-state index >= 15 is 0 Å². The quantitative estimate of drug-likeness (QED) is 0.770. The maximum atomic E-state index is 9.07. The normalized spacial score (nSPS) is 42.6. The van der Waals surface area contributed by atoms with Crippen molar-refractivity contribution in [2.24, 2.45) is 22.7 Å². The lowest BCUT2D eigenvalue weighted by Gasteiger charge is -2.40. The molecule has 2 nitrogen and oxygen atoms in total. The van der Waals surface area contributed by atoms with Crippen LogP contribution in [0.15, 0.2) is 0 Å². The van der Waals surface area contributed by atoms with E-state index < -0.39 is 0 Å². The molecule has 0 heterocycles. The lowest BCUT2D eigenvalue weighted by atomic mass is 9.69. The number of aliphatic hydroxyl groups is 1. The van der Waals surface area contributed by atoms with Crippen LogP contribution in [-0.2, 0) is 0 Å². The van der Waals surface area contributed by atoms with Crippen LogP contribution < -0.4 is 5.32 Å². The van der Waals surface area contributed by atoms with Crippen LogP contribution in [0.2, 0.25) is 0 Å². The first-order valence-electron chi connectivity index (χ1n) is 6.76. The molecule has 2 bridgehead atoms. The topological polar surface area (TPSA) is 32.3 Å². The minimum Gasteiger partial charge on any atom is -0.396 e. The summed E-state index contributed by atoms with van der Waals surface area (Å²) in [5, 5.41) is 12.8. The number of fused-ring (bicyclic) bond motifs is 2. The molecule has 0 radical (unpaired) electrons. The van der Waals surface area contributed by atoms with Crippen LogP contribution in [0.1, 0.15) is 47.0 Å². The van der Waals surface area contributed by atoms with Gasteiger partial charge in [0.25, 0.3) is 0 Å². The van der Waals surface area contributed by atoms with E-state index in [-0.39, 0.29) is 0 Å². The predicted octanol–water partition coefficient (Wildman–Crippen LogP) is 2.42. The number of aliphatic hydroxyl groups excluding tert-OH is 1. The third kappa shape index (κ3) is 1.62. The van der Waals surface area contributed by atoms with Crippen molar-refractivity contribution >= 4 is 0 Å². The van der Waals surface area contributed by atoms with Crippen molar-refractivity contribution in [3.63, 3.8) is 0 Å². The Labute approximate surface area is 99.8 Å². The first-order valence-corrected chi connectivity index (χ1v) is 6.76. The Morgan fingerprint density at radius 2 is 2.06 bits per heavy atom. The number of nitrogens with one attached hydrogen (secondary N) is 1. The highest BCUT2D eigenvalue weighted by molar-refractivity contribution is 5.12. The Bertz CT molecular complexity index is 263. The Morgan fingerprint density at radius 3 is 2.50 bits per heavy atom. The van der Waals surface area contributed by atoms with Gasteiger partial charge in [0.2, 0.25) is 0 Å². The molecule has 0 aromatic rings. The van der Waals surface area contributed by atoms with Gasteiger partial charge >= 0.3 is 0 Å². The predicted molar refractivity (Wildman–Crippen MR) is 67.3 cm³/mol. The molecule has 94 valence electrons. The summed E-state index contributed by atoms with van der Waals surface area (Å²) in [5.74, 6) is 1.28. The van der Waals surface area contributed by atoms with Gasteiger partial charge in [-0.25, -0.2) is 0 Å². The average molecular weight is 225 g/mol. The number of hydrogen-bond donors (Lipinski definition) is 2. The third-order valence-electron chi connectivity index (χ3n) is 5.82. The van der Waals surface area contributed by atoms with Crippen LogP contribution >= 0.6 is 0 Å². The summed E-state index contributed by atoms with van der Waals surface area (Å²) in [6.45, 7) is 10.7. The average Bonchev–Trinajstić information content (AvgIpc) is 2.58. The van der Waals surface area contributed by atoms with Crippen molar-refractivity contribution in [2.45, 2.75) is 53.0 Å². The third-order valence-corrected chi connectivity index (χ3v) is 5.82. The molecule has 2 N–H and O–H groups in total. The molecular formula is C14H27NO. The van der Waals surface area contributed by atoms with E-state index in [0.717, 1.165) is 12.5 Å². The maximum Gasteiger partial charge on any atom is 0.0468 e. The first-order chi connectivity index (χ1) is 7.41. The molecule has 0 spiro atoms. The fourth-order valence-electron chi connectivity index (χ4n) is 3.92. The van der Waals surface area contributed by atoms with Gasteiger partial charge in [0.1, 0.15) is 0 Å². The van der Waals surface area contributed by atoms with Crippen LogP contribution in [-0.4, -0.2) is 24.3 Å². The van der Waals surface area contributed by atoms with Crippen molar-refractivity contribution in [1.82, 2.24) is 5.32 Å². The van der Waals surface area contributed by atoms with Gasteiger partial charge in [-0.2, -0.15) is 0 Å². The molecule has 2 aliphatic carbocycles. The molecule has 3 unspecified atom stereocenters. The zero-order valence-electron chi connectivity index (χ0n) is 11.2. The second-order valence-electron chi connectivity index (χ2n) is 6.86. The van der Waals surface area contributed by atoms with E-state index in [9.17, 15) is 0 Å². The van der Waals surface area contributed by atoms with Gasteiger partial charge in [-0.1, -0.05) is 27.7 Å². The summed E-state index contributed by atoms with van der Waals surface area (Å²) in [4.78, 5) is 0. The van der Waals surface area contributed by atoms with Crippen LogP contribution in [0.4, 0.5) is 0 Å². The zero-order valence-corrected chi connectivity index (χ0v) is 11.2. The highest BCUT2D eigenvalue weighted by atomic mass is 16.3. The van der Waals surface area contributed by atoms with E-state index in [1.165, 1.54) is 19.3 Å². The highest BCUT2D eigenvalue weighted by Gasteiger charge is 2.60. The summed E-state index contributed by atoms with van der Waals surface area (Å²) >= 11 is 0. The van der Waals surface area contributed by atoms with E-state index in [4.69, 9.17) is 5.11 Å². The van der Waals surface area contributed by atoms with Crippen molar-refractivity contribution in [1.29, 1.82) is 0 Å². The van der Waals surface area contributed by atoms with Crippen molar-refractivity contribution in [3.05, 3.63) is 0 Å². The first kappa shape index (κ1) is 12.4. The van der Waals surface area contributed by atoms with E-state index in [0.29, 0.717) is 29.4 Å². The molecule has 2 aliphatic rings. The van der Waals surface area contributed by atoms with Gasteiger partial charge in [-0.3, -0.25) is 0 Å². The van der Waals surface area contributed by atoms with Gasteiger partial charge in [0.15, 0.2) is 0 Å². The Kier molecular flexibility index (Phi) is 3.09. The summed E-state index contributed by atoms with van der Waals surface area (Å²) in [6.07, 6.45) is 4.12. The largest absolute Gasteiger partial charge is 0.396 e. The molecule has 0 saturated heterocycles. The van der Waals surface area contributed by atoms with Crippen molar-refractivity contribution < 1.29 is 5.11 Å². The van der Waals surface area contributed by atoms with E-state index in [1.54, 1.807) is 0 Å². The van der Waals surface area contributed by atoms with Crippen LogP contribution in [0.5, 0.6) is 0 Å². The molecule has 0 aliphatic heterocycles. The summed E-state index contributed by atoms with van der Waals surface area (Å²) < 4.78 is 0. The smallest absolute Gasteiger partial charge is 0.0468 e. The maximum absolute atomic E-state index is 9.07. The Balaban J connectivity index is 1.99. The highest BCUT2D eigenvalue weighted by Crippen LogP contribution is 2.65. The van der Waals surface area contributed by atoms with E-state index in [1.807, 2.05) is 0 Å². The van der Waals surface area contributed by atoms with Crippen LogP contribution in [0.25, 0.3) is 0 Å².